The van der Waals surface area contributed by atoms with Crippen LogP contribution in [0.3, 0.4) is 0 Å². The van der Waals surface area contributed by atoms with Crippen molar-refractivity contribution in [1.82, 2.24) is 0 Å². The molecular weight excluding hydrogens is 281 g/mol. The molecule has 0 saturated heterocycles. The SMILES string of the molecule is CC(=O)OCC(COP(=O)(O)OCCN)C(=O)C=O. The van der Waals surface area contributed by atoms with Gasteiger partial charge in [-0.1, -0.05) is 0 Å². The molecule has 0 aromatic carbocycles. The second-order valence-corrected chi connectivity index (χ2v) is 4.86. The Hall–Kier alpha value is -1.12. The lowest BCUT2D eigenvalue weighted by atomic mass is 10.1. The molecule has 0 fully saturated rings. The van der Waals surface area contributed by atoms with Crippen molar-refractivity contribution in [3.8, 4) is 0 Å². The van der Waals surface area contributed by atoms with Gasteiger partial charge in [0.15, 0.2) is 6.29 Å². The summed E-state index contributed by atoms with van der Waals surface area (Å²) in [6, 6.07) is 0. The molecule has 0 saturated carbocycles. The number of phosphoric acid groups is 1. The third-order valence-electron chi connectivity index (χ3n) is 1.82. The van der Waals surface area contributed by atoms with Gasteiger partial charge in [0.25, 0.3) is 0 Å². The number of nitrogens with two attached hydrogens (primary N) is 1. The second-order valence-electron chi connectivity index (χ2n) is 3.41. The van der Waals surface area contributed by atoms with E-state index in [1.54, 1.807) is 0 Å². The molecule has 2 atom stereocenters. The minimum absolute atomic E-state index is 0.0120. The van der Waals surface area contributed by atoms with Crippen LogP contribution in [0.1, 0.15) is 6.92 Å². The summed E-state index contributed by atoms with van der Waals surface area (Å²) in [5.74, 6) is -2.74. The topological polar surface area (TPSA) is 142 Å². The Bertz CT molecular complexity index is 371. The lowest BCUT2D eigenvalue weighted by Crippen LogP contribution is -2.27. The predicted molar refractivity (Wildman–Crippen MR) is 62.0 cm³/mol. The zero-order chi connectivity index (χ0) is 14.9. The fourth-order valence-corrected chi connectivity index (χ4v) is 1.70. The molecule has 0 spiro atoms. The fourth-order valence-electron chi connectivity index (χ4n) is 0.916. The molecule has 0 aromatic heterocycles. The van der Waals surface area contributed by atoms with Gasteiger partial charge in [-0.2, -0.15) is 0 Å². The van der Waals surface area contributed by atoms with Gasteiger partial charge in [0.05, 0.1) is 19.1 Å². The monoisotopic (exact) mass is 297 g/mol. The van der Waals surface area contributed by atoms with Crippen LogP contribution < -0.4 is 5.73 Å². The highest BCUT2D eigenvalue weighted by atomic mass is 31.2. The Kier molecular flexibility index (Phi) is 8.37. The molecule has 0 heterocycles. The molecule has 0 aliphatic carbocycles. The quantitative estimate of drug-likeness (QED) is 0.225. The number of rotatable bonds is 10. The summed E-state index contributed by atoms with van der Waals surface area (Å²) in [5, 5.41) is 0. The van der Waals surface area contributed by atoms with Gasteiger partial charge in [-0.15, -0.1) is 0 Å². The Morgan fingerprint density at radius 1 is 1.37 bits per heavy atom. The molecule has 2 unspecified atom stereocenters. The number of carbonyl (C=O) groups excluding carboxylic acids is 3. The van der Waals surface area contributed by atoms with Crippen LogP contribution in [0.5, 0.6) is 0 Å². The van der Waals surface area contributed by atoms with Crippen LogP contribution in [-0.4, -0.2) is 49.3 Å². The first kappa shape index (κ1) is 17.9. The van der Waals surface area contributed by atoms with Gasteiger partial charge >= 0.3 is 13.8 Å². The molecule has 0 amide bonds. The maximum atomic E-state index is 11.3. The smallest absolute Gasteiger partial charge is 0.465 e. The van der Waals surface area contributed by atoms with Crippen molar-refractivity contribution < 1.29 is 37.6 Å². The molecule has 0 rings (SSSR count). The van der Waals surface area contributed by atoms with Crippen LogP contribution in [0.15, 0.2) is 0 Å². The largest absolute Gasteiger partial charge is 0.472 e. The van der Waals surface area contributed by atoms with E-state index >= 15 is 0 Å². The molecule has 0 aliphatic rings. The van der Waals surface area contributed by atoms with E-state index in [4.69, 9.17) is 5.73 Å². The molecule has 0 radical (unpaired) electrons. The number of esters is 1. The van der Waals surface area contributed by atoms with Crippen molar-refractivity contribution in [3.63, 3.8) is 0 Å². The van der Waals surface area contributed by atoms with Crippen molar-refractivity contribution in [2.45, 2.75) is 6.92 Å². The molecule has 0 bridgehead atoms. The first-order valence-electron chi connectivity index (χ1n) is 5.26. The molecule has 0 aliphatic heterocycles. The zero-order valence-electron chi connectivity index (χ0n) is 10.3. The molecular formula is C9H16NO8P. The summed E-state index contributed by atoms with van der Waals surface area (Å²) >= 11 is 0. The highest BCUT2D eigenvalue weighted by molar-refractivity contribution is 7.47. The average Bonchev–Trinajstić information content (AvgIpc) is 2.35. The van der Waals surface area contributed by atoms with Crippen LogP contribution in [0.2, 0.25) is 0 Å². The predicted octanol–water partition coefficient (Wildman–Crippen LogP) is -0.974. The minimum atomic E-state index is -4.35. The van der Waals surface area contributed by atoms with E-state index in [1.165, 1.54) is 0 Å². The van der Waals surface area contributed by atoms with Crippen LogP contribution in [-0.2, 0) is 32.7 Å². The molecule has 3 N–H and O–H groups in total. The standard InChI is InChI=1S/C9H16NO8P/c1-7(12)16-5-8(9(13)4-11)6-18-19(14,15)17-3-2-10/h4,8H,2-3,5-6,10H2,1H3,(H,14,15). The van der Waals surface area contributed by atoms with Crippen LogP contribution >= 0.6 is 7.82 Å². The van der Waals surface area contributed by atoms with Crippen LogP contribution in [0.25, 0.3) is 0 Å². The summed E-state index contributed by atoms with van der Waals surface area (Å²) < 4.78 is 24.8. The number of phosphoric ester groups is 1. The third-order valence-corrected chi connectivity index (χ3v) is 2.80. The number of Topliss-reactive ketones (excluding diaryl/α,β-unsaturated/α-hetero) is 1. The van der Waals surface area contributed by atoms with Crippen molar-refractivity contribution >= 4 is 25.9 Å². The highest BCUT2D eigenvalue weighted by Crippen LogP contribution is 2.43. The Labute approximate surface area is 109 Å². The summed E-state index contributed by atoms with van der Waals surface area (Å²) in [6.07, 6.45) is 0.0144. The molecule has 19 heavy (non-hydrogen) atoms. The lowest BCUT2D eigenvalue weighted by molar-refractivity contribution is -0.145. The third kappa shape index (κ3) is 8.57. The van der Waals surface area contributed by atoms with E-state index in [0.717, 1.165) is 6.92 Å². The molecule has 110 valence electrons. The minimum Gasteiger partial charge on any atom is -0.465 e. The van der Waals surface area contributed by atoms with Crippen molar-refractivity contribution in [1.29, 1.82) is 0 Å². The number of hydrogen-bond donors (Lipinski definition) is 2. The number of aldehydes is 1. The van der Waals surface area contributed by atoms with E-state index in [1.807, 2.05) is 0 Å². The van der Waals surface area contributed by atoms with Crippen LogP contribution in [0.4, 0.5) is 0 Å². The highest BCUT2D eigenvalue weighted by Gasteiger charge is 2.27. The van der Waals surface area contributed by atoms with Gasteiger partial charge in [-0.05, 0) is 0 Å². The van der Waals surface area contributed by atoms with Gasteiger partial charge in [-0.3, -0.25) is 23.4 Å². The summed E-state index contributed by atoms with van der Waals surface area (Å²) in [7, 11) is -4.35. The zero-order valence-corrected chi connectivity index (χ0v) is 11.2. The number of carbonyl (C=O) groups is 3. The van der Waals surface area contributed by atoms with Gasteiger partial charge < -0.3 is 15.4 Å². The van der Waals surface area contributed by atoms with Gasteiger partial charge in [0, 0.05) is 13.5 Å². The van der Waals surface area contributed by atoms with Gasteiger partial charge in [-0.25, -0.2) is 4.57 Å². The maximum absolute atomic E-state index is 11.3. The fraction of sp³-hybridized carbons (Fsp3) is 0.667. The first-order valence-corrected chi connectivity index (χ1v) is 6.76. The summed E-state index contributed by atoms with van der Waals surface area (Å²) in [6.45, 7) is -0.0975. The van der Waals surface area contributed by atoms with E-state index in [0.29, 0.717) is 0 Å². The number of ketones is 1. The van der Waals surface area contributed by atoms with E-state index < -0.39 is 38.7 Å². The second kappa shape index (κ2) is 8.89. The van der Waals surface area contributed by atoms with Crippen molar-refractivity contribution in [2.75, 3.05) is 26.4 Å². The summed E-state index contributed by atoms with van der Waals surface area (Å²) in [4.78, 5) is 41.3. The first-order chi connectivity index (χ1) is 8.82. The van der Waals surface area contributed by atoms with E-state index in [-0.39, 0.29) is 19.4 Å². The lowest BCUT2D eigenvalue weighted by Gasteiger charge is -2.16. The Morgan fingerprint density at radius 3 is 2.47 bits per heavy atom. The number of hydrogen-bond acceptors (Lipinski definition) is 8. The van der Waals surface area contributed by atoms with Crippen molar-refractivity contribution in [2.24, 2.45) is 11.7 Å². The normalized spacial score (nSPS) is 15.3. The molecule has 10 heteroatoms. The average molecular weight is 297 g/mol. The maximum Gasteiger partial charge on any atom is 0.472 e. The Balaban J connectivity index is 4.39. The van der Waals surface area contributed by atoms with Crippen molar-refractivity contribution in [3.05, 3.63) is 0 Å². The number of ether oxygens (including phenoxy) is 1. The van der Waals surface area contributed by atoms with E-state index in [9.17, 15) is 23.8 Å². The molecule has 9 nitrogen and oxygen atoms in total. The molecule has 0 aromatic rings. The van der Waals surface area contributed by atoms with Gasteiger partial charge in [0.1, 0.15) is 6.61 Å². The summed E-state index contributed by atoms with van der Waals surface area (Å²) in [5.41, 5.74) is 5.07. The Morgan fingerprint density at radius 2 is 2.00 bits per heavy atom. The van der Waals surface area contributed by atoms with E-state index in [2.05, 4.69) is 13.8 Å². The van der Waals surface area contributed by atoms with Gasteiger partial charge in [0.2, 0.25) is 5.78 Å². The van der Waals surface area contributed by atoms with Crippen LogP contribution in [0, 0.1) is 5.92 Å².